The summed E-state index contributed by atoms with van der Waals surface area (Å²) in [5.74, 6) is 2.37. The molecule has 0 radical (unpaired) electrons. The van der Waals surface area contributed by atoms with E-state index in [9.17, 15) is 0 Å². The van der Waals surface area contributed by atoms with Gasteiger partial charge in [-0.05, 0) is 42.4 Å². The van der Waals surface area contributed by atoms with Crippen LogP contribution in [0.5, 0.6) is 5.75 Å². The van der Waals surface area contributed by atoms with Crippen molar-refractivity contribution in [3.05, 3.63) is 29.3 Å². The van der Waals surface area contributed by atoms with Crippen LogP contribution in [0.1, 0.15) is 63.5 Å². The molecule has 0 aliphatic rings. The van der Waals surface area contributed by atoms with Crippen LogP contribution in [0.3, 0.4) is 0 Å². The van der Waals surface area contributed by atoms with Crippen LogP contribution < -0.4 is 4.74 Å². The predicted molar refractivity (Wildman–Crippen MR) is 79.5 cm³/mol. The highest BCUT2D eigenvalue weighted by Crippen LogP contribution is 2.33. The van der Waals surface area contributed by atoms with Crippen LogP contribution in [0, 0.1) is 12.8 Å². The molecule has 0 bridgehead atoms. The summed E-state index contributed by atoms with van der Waals surface area (Å²) in [6.07, 6.45) is 5.25. The van der Waals surface area contributed by atoms with Gasteiger partial charge in [0.15, 0.2) is 0 Å². The van der Waals surface area contributed by atoms with Crippen LogP contribution in [0.15, 0.2) is 18.2 Å². The van der Waals surface area contributed by atoms with Gasteiger partial charge in [-0.15, -0.1) is 0 Å². The number of methoxy groups -OCH3 is 1. The van der Waals surface area contributed by atoms with Crippen molar-refractivity contribution in [1.29, 1.82) is 0 Å². The Labute approximate surface area is 113 Å². The lowest BCUT2D eigenvalue weighted by atomic mass is 9.84. The average molecular weight is 248 g/mol. The molecular weight excluding hydrogens is 220 g/mol. The molecule has 0 fully saturated rings. The molecule has 0 aliphatic heterocycles. The molecule has 1 rings (SSSR count). The van der Waals surface area contributed by atoms with Crippen LogP contribution in [-0.4, -0.2) is 7.11 Å². The normalized spacial score (nSPS) is 12.8. The first-order chi connectivity index (χ1) is 8.60. The van der Waals surface area contributed by atoms with Gasteiger partial charge in [-0.25, -0.2) is 0 Å². The van der Waals surface area contributed by atoms with Crippen LogP contribution >= 0.6 is 0 Å². The summed E-state index contributed by atoms with van der Waals surface area (Å²) < 4.78 is 5.44. The van der Waals surface area contributed by atoms with Crippen molar-refractivity contribution < 1.29 is 4.74 Å². The molecular formula is C17H28O. The van der Waals surface area contributed by atoms with Gasteiger partial charge in [-0.1, -0.05) is 52.2 Å². The third-order valence-electron chi connectivity index (χ3n) is 3.78. The Morgan fingerprint density at radius 3 is 2.44 bits per heavy atom. The Bertz CT molecular complexity index is 355. The summed E-state index contributed by atoms with van der Waals surface area (Å²) >= 11 is 0. The van der Waals surface area contributed by atoms with E-state index < -0.39 is 0 Å². The van der Waals surface area contributed by atoms with E-state index in [1.54, 1.807) is 7.11 Å². The molecule has 0 spiro atoms. The van der Waals surface area contributed by atoms with Gasteiger partial charge in [0.2, 0.25) is 0 Å². The van der Waals surface area contributed by atoms with E-state index in [1.165, 1.54) is 36.8 Å². The van der Waals surface area contributed by atoms with Crippen molar-refractivity contribution in [1.82, 2.24) is 0 Å². The van der Waals surface area contributed by atoms with Crippen molar-refractivity contribution in [2.75, 3.05) is 7.11 Å². The molecule has 0 aromatic heterocycles. The second kappa shape index (κ2) is 7.45. The summed E-state index contributed by atoms with van der Waals surface area (Å²) in [6.45, 7) is 9.01. The maximum atomic E-state index is 5.44. The van der Waals surface area contributed by atoms with Crippen LogP contribution in [0.4, 0.5) is 0 Å². The molecule has 1 heteroatoms. The monoisotopic (exact) mass is 248 g/mol. The third-order valence-corrected chi connectivity index (χ3v) is 3.78. The van der Waals surface area contributed by atoms with E-state index in [2.05, 4.69) is 45.9 Å². The molecule has 1 aromatic rings. The Hall–Kier alpha value is -0.980. The topological polar surface area (TPSA) is 9.23 Å². The Morgan fingerprint density at radius 2 is 1.89 bits per heavy atom. The molecule has 1 atom stereocenters. The zero-order valence-electron chi connectivity index (χ0n) is 12.6. The lowest BCUT2D eigenvalue weighted by molar-refractivity contribution is 0.406. The van der Waals surface area contributed by atoms with Crippen molar-refractivity contribution >= 4 is 0 Å². The fraction of sp³-hybridized carbons (Fsp3) is 0.647. The van der Waals surface area contributed by atoms with Gasteiger partial charge in [-0.3, -0.25) is 0 Å². The molecule has 18 heavy (non-hydrogen) atoms. The largest absolute Gasteiger partial charge is 0.496 e. The molecule has 0 aliphatic carbocycles. The zero-order chi connectivity index (χ0) is 13.5. The number of benzene rings is 1. The van der Waals surface area contributed by atoms with Crippen molar-refractivity contribution in [3.63, 3.8) is 0 Å². The van der Waals surface area contributed by atoms with Crippen molar-refractivity contribution in [3.8, 4) is 5.75 Å². The molecule has 102 valence electrons. The highest BCUT2D eigenvalue weighted by atomic mass is 16.5. The number of unbranched alkanes of at least 4 members (excludes halogenated alkanes) is 2. The summed E-state index contributed by atoms with van der Waals surface area (Å²) in [7, 11) is 1.76. The summed E-state index contributed by atoms with van der Waals surface area (Å²) in [5, 5.41) is 0. The number of aryl methyl sites for hydroxylation is 1. The van der Waals surface area contributed by atoms with Crippen molar-refractivity contribution in [2.45, 2.75) is 59.3 Å². The minimum atomic E-state index is 0.658. The van der Waals surface area contributed by atoms with E-state index >= 15 is 0 Å². The molecule has 0 N–H and O–H groups in total. The highest BCUT2D eigenvalue weighted by molar-refractivity contribution is 5.38. The first kappa shape index (κ1) is 15.1. The predicted octanol–water partition coefficient (Wildman–Crippen LogP) is 5.32. The molecule has 0 saturated carbocycles. The smallest absolute Gasteiger partial charge is 0.122 e. The minimum Gasteiger partial charge on any atom is -0.496 e. The molecule has 0 amide bonds. The summed E-state index contributed by atoms with van der Waals surface area (Å²) in [4.78, 5) is 0. The lowest BCUT2D eigenvalue weighted by Crippen LogP contribution is -2.07. The standard InChI is InChI=1S/C17H28O/c1-6-7-8-9-16(13(2)3)15-11-10-14(4)17(12-15)18-5/h10-13,16H,6-9H2,1-5H3/t16-/m0/s1. The SMILES string of the molecule is CCCCC[C@H](c1ccc(C)c(OC)c1)C(C)C. The second-order valence-corrected chi connectivity index (χ2v) is 5.58. The number of hydrogen-bond acceptors (Lipinski definition) is 1. The van der Waals surface area contributed by atoms with Crippen LogP contribution in [-0.2, 0) is 0 Å². The Kier molecular flexibility index (Phi) is 6.24. The Morgan fingerprint density at radius 1 is 1.17 bits per heavy atom. The van der Waals surface area contributed by atoms with Crippen molar-refractivity contribution in [2.24, 2.45) is 5.92 Å². The highest BCUT2D eigenvalue weighted by Gasteiger charge is 2.16. The van der Waals surface area contributed by atoms with Gasteiger partial charge >= 0.3 is 0 Å². The van der Waals surface area contributed by atoms with Gasteiger partial charge < -0.3 is 4.74 Å². The minimum absolute atomic E-state index is 0.658. The zero-order valence-corrected chi connectivity index (χ0v) is 12.6. The second-order valence-electron chi connectivity index (χ2n) is 5.58. The van der Waals surface area contributed by atoms with Gasteiger partial charge in [0.25, 0.3) is 0 Å². The molecule has 0 saturated heterocycles. The summed E-state index contributed by atoms with van der Waals surface area (Å²) in [5.41, 5.74) is 2.65. The quantitative estimate of drug-likeness (QED) is 0.593. The molecule has 1 nitrogen and oxygen atoms in total. The lowest BCUT2D eigenvalue weighted by Gasteiger charge is -2.22. The fourth-order valence-corrected chi connectivity index (χ4v) is 2.57. The van der Waals surface area contributed by atoms with E-state index in [0.29, 0.717) is 11.8 Å². The van der Waals surface area contributed by atoms with Crippen LogP contribution in [0.2, 0.25) is 0 Å². The Balaban J connectivity index is 2.84. The van der Waals surface area contributed by atoms with E-state index in [1.807, 2.05) is 0 Å². The van der Waals surface area contributed by atoms with Gasteiger partial charge in [0.1, 0.15) is 5.75 Å². The molecule has 0 unspecified atom stereocenters. The first-order valence-electron chi connectivity index (χ1n) is 7.24. The fourth-order valence-electron chi connectivity index (χ4n) is 2.57. The molecule has 1 aromatic carbocycles. The van der Waals surface area contributed by atoms with Crippen LogP contribution in [0.25, 0.3) is 0 Å². The maximum absolute atomic E-state index is 5.44. The van der Waals surface area contributed by atoms with E-state index in [0.717, 1.165) is 5.75 Å². The molecule has 0 heterocycles. The summed E-state index contributed by atoms with van der Waals surface area (Å²) in [6, 6.07) is 6.68. The van der Waals surface area contributed by atoms with E-state index in [-0.39, 0.29) is 0 Å². The van der Waals surface area contributed by atoms with E-state index in [4.69, 9.17) is 4.74 Å². The van der Waals surface area contributed by atoms with Gasteiger partial charge in [0.05, 0.1) is 7.11 Å². The van der Waals surface area contributed by atoms with Gasteiger partial charge in [-0.2, -0.15) is 0 Å². The number of rotatable bonds is 7. The number of ether oxygens (including phenoxy) is 1. The maximum Gasteiger partial charge on any atom is 0.122 e. The average Bonchev–Trinajstić information content (AvgIpc) is 2.35. The third kappa shape index (κ3) is 4.04. The van der Waals surface area contributed by atoms with Gasteiger partial charge in [0, 0.05) is 0 Å². The number of hydrogen-bond donors (Lipinski definition) is 0. The first-order valence-corrected chi connectivity index (χ1v) is 7.24.